The van der Waals surface area contributed by atoms with Crippen LogP contribution in [0.4, 0.5) is 10.5 Å². The summed E-state index contributed by atoms with van der Waals surface area (Å²) >= 11 is 12.4. The van der Waals surface area contributed by atoms with Crippen LogP contribution in [0.15, 0.2) is 78.5 Å². The van der Waals surface area contributed by atoms with Gasteiger partial charge in [0.15, 0.2) is 0 Å². The Morgan fingerprint density at radius 3 is 2.42 bits per heavy atom. The van der Waals surface area contributed by atoms with Crippen LogP contribution >= 0.6 is 23.2 Å². The van der Waals surface area contributed by atoms with E-state index >= 15 is 0 Å². The van der Waals surface area contributed by atoms with E-state index in [2.05, 4.69) is 5.32 Å². The zero-order valence-electron chi connectivity index (χ0n) is 19.3. The van der Waals surface area contributed by atoms with E-state index in [0.29, 0.717) is 27.8 Å². The number of anilines is 1. The van der Waals surface area contributed by atoms with Crippen LogP contribution in [0.2, 0.25) is 10.0 Å². The smallest absolute Gasteiger partial charge is 0.335 e. The molecule has 0 spiro atoms. The van der Waals surface area contributed by atoms with Crippen molar-refractivity contribution in [2.24, 2.45) is 0 Å². The Morgan fingerprint density at radius 1 is 0.944 bits per heavy atom. The molecule has 1 N–H and O–H groups in total. The number of imide groups is 2. The number of nitrogens with zero attached hydrogens (tertiary/aromatic N) is 2. The molecule has 0 radical (unpaired) electrons. The normalized spacial score (nSPS) is 15.1. The number of barbiturate groups is 1. The molecule has 1 aromatic heterocycles. The number of para-hydroxylation sites is 1. The largest absolute Gasteiger partial charge is 0.342 e. The summed E-state index contributed by atoms with van der Waals surface area (Å²) < 4.78 is 1.99. The lowest BCUT2D eigenvalue weighted by Gasteiger charge is -2.26. The SMILES string of the molecule is CCc1ccc(N2C(=O)NC(=O)C(=Cc3cn(Cc4ccc(Cl)cc4Cl)c4ccccc34)C2=O)cc1. The van der Waals surface area contributed by atoms with E-state index < -0.39 is 17.8 Å². The Bertz CT molecular complexity index is 1550. The van der Waals surface area contributed by atoms with Crippen LogP contribution in [0, 0.1) is 0 Å². The van der Waals surface area contributed by atoms with Crippen molar-refractivity contribution >= 4 is 63.7 Å². The van der Waals surface area contributed by atoms with Crippen LogP contribution in [-0.2, 0) is 22.6 Å². The van der Waals surface area contributed by atoms with Crippen LogP contribution in [-0.4, -0.2) is 22.4 Å². The molecule has 8 heteroatoms. The summed E-state index contributed by atoms with van der Waals surface area (Å²) in [5, 5.41) is 4.24. The van der Waals surface area contributed by atoms with Gasteiger partial charge in [0.1, 0.15) is 5.57 Å². The summed E-state index contributed by atoms with van der Waals surface area (Å²) in [6.07, 6.45) is 4.22. The fraction of sp³-hybridized carbons (Fsp3) is 0.107. The van der Waals surface area contributed by atoms with Gasteiger partial charge in [0, 0.05) is 39.3 Å². The molecule has 4 amide bonds. The van der Waals surface area contributed by atoms with Gasteiger partial charge in [-0.25, -0.2) is 9.69 Å². The molecular weight excluding hydrogens is 497 g/mol. The third-order valence-electron chi connectivity index (χ3n) is 6.18. The number of amides is 4. The highest BCUT2D eigenvalue weighted by Gasteiger charge is 2.37. The zero-order valence-corrected chi connectivity index (χ0v) is 20.8. The van der Waals surface area contributed by atoms with Gasteiger partial charge in [-0.2, -0.15) is 0 Å². The molecule has 0 atom stereocenters. The Balaban J connectivity index is 1.55. The van der Waals surface area contributed by atoms with Crippen molar-refractivity contribution < 1.29 is 14.4 Å². The monoisotopic (exact) mass is 517 g/mol. The highest BCUT2D eigenvalue weighted by Crippen LogP contribution is 2.29. The van der Waals surface area contributed by atoms with E-state index in [-0.39, 0.29) is 5.57 Å². The summed E-state index contributed by atoms with van der Waals surface area (Å²) in [6.45, 7) is 2.48. The van der Waals surface area contributed by atoms with E-state index in [1.165, 1.54) is 6.08 Å². The molecule has 1 fully saturated rings. The minimum atomic E-state index is -0.772. The Hall–Kier alpha value is -3.87. The van der Waals surface area contributed by atoms with Crippen molar-refractivity contribution in [1.29, 1.82) is 0 Å². The molecule has 0 unspecified atom stereocenters. The van der Waals surface area contributed by atoms with Crippen LogP contribution in [0.3, 0.4) is 0 Å². The summed E-state index contributed by atoms with van der Waals surface area (Å²) in [5.74, 6) is -1.41. The maximum Gasteiger partial charge on any atom is 0.335 e. The van der Waals surface area contributed by atoms with E-state index in [1.54, 1.807) is 24.3 Å². The van der Waals surface area contributed by atoms with Gasteiger partial charge >= 0.3 is 6.03 Å². The first-order valence-corrected chi connectivity index (χ1v) is 12.1. The fourth-order valence-corrected chi connectivity index (χ4v) is 4.75. The number of aromatic nitrogens is 1. The number of hydrogen-bond acceptors (Lipinski definition) is 3. The number of rotatable bonds is 5. The first kappa shape index (κ1) is 23.9. The quantitative estimate of drug-likeness (QED) is 0.252. The molecule has 180 valence electrons. The first-order chi connectivity index (χ1) is 17.4. The van der Waals surface area contributed by atoms with Crippen molar-refractivity contribution in [2.75, 3.05) is 4.90 Å². The second-order valence-electron chi connectivity index (χ2n) is 8.44. The topological polar surface area (TPSA) is 71.4 Å². The summed E-state index contributed by atoms with van der Waals surface area (Å²) in [4.78, 5) is 39.6. The van der Waals surface area contributed by atoms with Crippen molar-refractivity contribution in [2.45, 2.75) is 19.9 Å². The number of hydrogen-bond donors (Lipinski definition) is 1. The molecule has 3 aromatic carbocycles. The van der Waals surface area contributed by atoms with Crippen molar-refractivity contribution in [3.63, 3.8) is 0 Å². The molecule has 1 aliphatic rings. The minimum Gasteiger partial charge on any atom is -0.342 e. The Morgan fingerprint density at radius 2 is 1.69 bits per heavy atom. The minimum absolute atomic E-state index is 0.124. The van der Waals surface area contributed by atoms with Crippen molar-refractivity contribution in [3.05, 3.63) is 105 Å². The lowest BCUT2D eigenvalue weighted by atomic mass is 10.1. The molecular formula is C28H21Cl2N3O3. The molecule has 0 saturated carbocycles. The predicted molar refractivity (Wildman–Crippen MR) is 142 cm³/mol. The number of carbonyl (C=O) groups excluding carboxylic acids is 3. The standard InChI is InChI=1S/C28H21Cl2N3O3/c1-2-17-7-11-21(12-8-17)33-27(35)23(26(34)31-28(33)36)13-19-16-32(25-6-4-3-5-22(19)25)15-18-9-10-20(29)14-24(18)30/h3-14,16H,2,15H2,1H3,(H,31,34,36). The lowest BCUT2D eigenvalue weighted by Crippen LogP contribution is -2.54. The molecule has 1 aliphatic heterocycles. The van der Waals surface area contributed by atoms with Gasteiger partial charge < -0.3 is 4.57 Å². The van der Waals surface area contributed by atoms with E-state index in [1.807, 2.05) is 60.2 Å². The molecule has 4 aromatic rings. The molecule has 0 bridgehead atoms. The molecule has 6 nitrogen and oxygen atoms in total. The second-order valence-corrected chi connectivity index (χ2v) is 9.29. The number of halogens is 2. The number of aryl methyl sites for hydroxylation is 1. The van der Waals surface area contributed by atoms with Crippen LogP contribution in [0.25, 0.3) is 17.0 Å². The van der Waals surface area contributed by atoms with Crippen molar-refractivity contribution in [3.8, 4) is 0 Å². The molecule has 2 heterocycles. The van der Waals surface area contributed by atoms with Crippen LogP contribution in [0.5, 0.6) is 0 Å². The van der Waals surface area contributed by atoms with Gasteiger partial charge in [-0.15, -0.1) is 0 Å². The summed E-state index contributed by atoms with van der Waals surface area (Å²) in [7, 11) is 0. The number of benzene rings is 3. The van der Waals surface area contributed by atoms with Crippen LogP contribution < -0.4 is 10.2 Å². The van der Waals surface area contributed by atoms with Gasteiger partial charge in [0.05, 0.1) is 5.69 Å². The third-order valence-corrected chi connectivity index (χ3v) is 6.77. The van der Waals surface area contributed by atoms with Gasteiger partial charge in [0.25, 0.3) is 11.8 Å². The Labute approximate surface area is 217 Å². The van der Waals surface area contributed by atoms with Crippen LogP contribution in [0.1, 0.15) is 23.6 Å². The van der Waals surface area contributed by atoms with Gasteiger partial charge in [0.2, 0.25) is 0 Å². The van der Waals surface area contributed by atoms with E-state index in [0.717, 1.165) is 33.4 Å². The summed E-state index contributed by atoms with van der Waals surface area (Å²) in [5.41, 5.74) is 3.80. The summed E-state index contributed by atoms with van der Waals surface area (Å²) in [6, 6.07) is 19.3. The highest BCUT2D eigenvalue weighted by atomic mass is 35.5. The number of urea groups is 1. The third kappa shape index (κ3) is 4.41. The predicted octanol–water partition coefficient (Wildman–Crippen LogP) is 6.23. The lowest BCUT2D eigenvalue weighted by molar-refractivity contribution is -0.122. The van der Waals surface area contributed by atoms with E-state index in [4.69, 9.17) is 23.2 Å². The van der Waals surface area contributed by atoms with Gasteiger partial charge in [-0.05, 0) is 54.0 Å². The fourth-order valence-electron chi connectivity index (χ4n) is 4.28. The Kier molecular flexibility index (Phi) is 6.39. The number of fused-ring (bicyclic) bond motifs is 1. The van der Waals surface area contributed by atoms with Gasteiger partial charge in [-0.3, -0.25) is 14.9 Å². The molecule has 1 saturated heterocycles. The highest BCUT2D eigenvalue weighted by molar-refractivity contribution is 6.39. The average molecular weight is 518 g/mol. The molecule has 0 aliphatic carbocycles. The molecule has 5 rings (SSSR count). The maximum atomic E-state index is 13.4. The maximum absolute atomic E-state index is 13.4. The first-order valence-electron chi connectivity index (χ1n) is 11.4. The second kappa shape index (κ2) is 9.64. The number of nitrogens with one attached hydrogen (secondary N) is 1. The van der Waals surface area contributed by atoms with Crippen molar-refractivity contribution in [1.82, 2.24) is 9.88 Å². The average Bonchev–Trinajstić information content (AvgIpc) is 3.21. The molecule has 36 heavy (non-hydrogen) atoms. The van der Waals surface area contributed by atoms with Gasteiger partial charge in [-0.1, -0.05) is 66.5 Å². The number of carbonyl (C=O) groups is 3. The van der Waals surface area contributed by atoms with E-state index in [9.17, 15) is 14.4 Å². The zero-order chi connectivity index (χ0) is 25.4.